The number of nitrogens with one attached hydrogen (secondary N) is 1. The van der Waals surface area contributed by atoms with Gasteiger partial charge in [-0.1, -0.05) is 13.0 Å². The zero-order valence-corrected chi connectivity index (χ0v) is 17.0. The summed E-state index contributed by atoms with van der Waals surface area (Å²) in [7, 11) is 5.15. The summed E-state index contributed by atoms with van der Waals surface area (Å²) in [5.74, 6) is 1.67. The minimum absolute atomic E-state index is 0.0174. The molecule has 1 aromatic carbocycles. The van der Waals surface area contributed by atoms with E-state index in [0.29, 0.717) is 13.2 Å². The maximum absolute atomic E-state index is 11.9. The minimum atomic E-state index is -0.0174. The first-order chi connectivity index (χ1) is 13.0. The quantitative estimate of drug-likeness (QED) is 0.423. The maximum Gasteiger partial charge on any atom is 0.243 e. The monoisotopic (exact) mass is 376 g/mol. The molecule has 7 heteroatoms. The van der Waals surface area contributed by atoms with Crippen LogP contribution >= 0.6 is 0 Å². The number of aliphatic imine (C=N–C) groups is 1. The molecule has 27 heavy (non-hydrogen) atoms. The predicted molar refractivity (Wildman–Crippen MR) is 107 cm³/mol. The van der Waals surface area contributed by atoms with Crippen LogP contribution in [0.25, 0.3) is 0 Å². The standard InChI is InChI=1S/C20H32N4O3/c1-5-11-27-18-7-6-17-15-24(10-8-16(17)13-18)20(21-9-12-26-4)22-14-19(25)23(2)3/h6-7,13H,5,8-12,14-15H2,1-4H3,(H,21,22). The first-order valence-corrected chi connectivity index (χ1v) is 9.52. The van der Waals surface area contributed by atoms with Gasteiger partial charge in [-0.25, -0.2) is 4.99 Å². The number of nitrogens with zero attached hydrogens (tertiary/aromatic N) is 3. The van der Waals surface area contributed by atoms with Crippen molar-refractivity contribution in [3.8, 4) is 5.75 Å². The molecule has 150 valence electrons. The number of amides is 1. The minimum Gasteiger partial charge on any atom is -0.494 e. The van der Waals surface area contributed by atoms with Crippen molar-refractivity contribution in [1.82, 2.24) is 15.1 Å². The zero-order chi connectivity index (χ0) is 19.6. The first-order valence-electron chi connectivity index (χ1n) is 9.52. The Morgan fingerprint density at radius 1 is 1.30 bits per heavy atom. The van der Waals surface area contributed by atoms with Crippen molar-refractivity contribution < 1.29 is 14.3 Å². The zero-order valence-electron chi connectivity index (χ0n) is 17.0. The normalized spacial score (nSPS) is 13.9. The van der Waals surface area contributed by atoms with Crippen LogP contribution in [-0.2, 0) is 22.5 Å². The van der Waals surface area contributed by atoms with E-state index in [2.05, 4.69) is 34.3 Å². The van der Waals surface area contributed by atoms with Crippen LogP contribution in [0.5, 0.6) is 5.75 Å². The summed E-state index contributed by atoms with van der Waals surface area (Å²) >= 11 is 0. The summed E-state index contributed by atoms with van der Waals surface area (Å²) in [5, 5.41) is 3.31. The summed E-state index contributed by atoms with van der Waals surface area (Å²) in [6.45, 7) is 5.83. The molecule has 0 aliphatic carbocycles. The van der Waals surface area contributed by atoms with Crippen LogP contribution in [0.4, 0.5) is 0 Å². The SMILES string of the molecule is CCCOc1ccc2c(c1)CCN(C(=NCC(=O)N(C)C)NCCOC)C2. The number of hydrogen-bond acceptors (Lipinski definition) is 4. The van der Waals surface area contributed by atoms with Gasteiger partial charge in [0.25, 0.3) is 0 Å². The molecule has 0 saturated heterocycles. The van der Waals surface area contributed by atoms with Crippen LogP contribution in [0.3, 0.4) is 0 Å². The third-order valence-electron chi connectivity index (χ3n) is 4.41. The summed E-state index contributed by atoms with van der Waals surface area (Å²) in [4.78, 5) is 20.2. The van der Waals surface area contributed by atoms with Gasteiger partial charge in [-0.05, 0) is 36.1 Å². The van der Waals surface area contributed by atoms with Gasteiger partial charge in [0.05, 0.1) is 13.2 Å². The molecule has 0 spiro atoms. The Kier molecular flexibility index (Phi) is 8.39. The van der Waals surface area contributed by atoms with Gasteiger partial charge in [-0.15, -0.1) is 0 Å². The first kappa shape index (κ1) is 21.0. The maximum atomic E-state index is 11.9. The predicted octanol–water partition coefficient (Wildman–Crippen LogP) is 1.51. The van der Waals surface area contributed by atoms with E-state index < -0.39 is 0 Å². The highest BCUT2D eigenvalue weighted by atomic mass is 16.5. The van der Waals surface area contributed by atoms with Gasteiger partial charge in [-0.2, -0.15) is 0 Å². The number of carbonyl (C=O) groups is 1. The highest BCUT2D eigenvalue weighted by molar-refractivity contribution is 5.85. The molecule has 1 aromatic rings. The number of guanidine groups is 1. The Hall–Kier alpha value is -2.28. The van der Waals surface area contributed by atoms with Crippen molar-refractivity contribution in [1.29, 1.82) is 0 Å². The lowest BCUT2D eigenvalue weighted by Gasteiger charge is -2.32. The molecule has 0 aromatic heterocycles. The largest absolute Gasteiger partial charge is 0.494 e. The second-order valence-electron chi connectivity index (χ2n) is 6.80. The van der Waals surface area contributed by atoms with E-state index in [1.165, 1.54) is 11.1 Å². The molecule has 0 unspecified atom stereocenters. The molecule has 2 rings (SSSR count). The Morgan fingerprint density at radius 2 is 2.11 bits per heavy atom. The molecule has 0 radical (unpaired) electrons. The number of likely N-dealkylation sites (N-methyl/N-ethyl adjacent to an activating group) is 1. The van der Waals surface area contributed by atoms with Crippen LogP contribution in [-0.4, -0.2) is 75.7 Å². The van der Waals surface area contributed by atoms with Crippen LogP contribution in [0.1, 0.15) is 24.5 Å². The summed E-state index contributed by atoms with van der Waals surface area (Å²) in [6, 6.07) is 6.31. The number of fused-ring (bicyclic) bond motifs is 1. The fraction of sp³-hybridized carbons (Fsp3) is 0.600. The molecule has 7 nitrogen and oxygen atoms in total. The third-order valence-corrected chi connectivity index (χ3v) is 4.41. The average molecular weight is 377 g/mol. The Morgan fingerprint density at radius 3 is 2.81 bits per heavy atom. The smallest absolute Gasteiger partial charge is 0.243 e. The van der Waals surface area contributed by atoms with Gasteiger partial charge < -0.3 is 24.6 Å². The van der Waals surface area contributed by atoms with Crippen molar-refractivity contribution in [2.45, 2.75) is 26.3 Å². The van der Waals surface area contributed by atoms with E-state index in [-0.39, 0.29) is 12.5 Å². The van der Waals surface area contributed by atoms with Crippen molar-refractivity contribution in [2.75, 3.05) is 54.1 Å². The highest BCUT2D eigenvalue weighted by Gasteiger charge is 2.20. The number of ether oxygens (including phenoxy) is 2. The molecule has 1 N–H and O–H groups in total. The van der Waals surface area contributed by atoms with Crippen LogP contribution in [0.2, 0.25) is 0 Å². The van der Waals surface area contributed by atoms with Crippen molar-refractivity contribution in [3.63, 3.8) is 0 Å². The molecule has 1 aliphatic rings. The molecule has 0 saturated carbocycles. The Bertz CT molecular complexity index is 646. The number of benzene rings is 1. The average Bonchev–Trinajstić information content (AvgIpc) is 2.68. The lowest BCUT2D eigenvalue weighted by atomic mass is 9.99. The molecule has 1 heterocycles. The van der Waals surface area contributed by atoms with Crippen LogP contribution in [0, 0.1) is 0 Å². The molecular weight excluding hydrogens is 344 g/mol. The van der Waals surface area contributed by atoms with Crippen molar-refractivity contribution >= 4 is 11.9 Å². The Balaban J connectivity index is 2.08. The topological polar surface area (TPSA) is 66.4 Å². The van der Waals surface area contributed by atoms with Gasteiger partial charge >= 0.3 is 0 Å². The summed E-state index contributed by atoms with van der Waals surface area (Å²) in [5.41, 5.74) is 2.59. The van der Waals surface area contributed by atoms with E-state index in [1.807, 2.05) is 6.07 Å². The fourth-order valence-electron chi connectivity index (χ4n) is 2.84. The number of hydrogen-bond donors (Lipinski definition) is 1. The molecule has 1 aliphatic heterocycles. The number of carbonyl (C=O) groups excluding carboxylic acids is 1. The van der Waals surface area contributed by atoms with Gasteiger partial charge in [0, 0.05) is 40.8 Å². The number of rotatable bonds is 8. The molecule has 0 atom stereocenters. The second-order valence-corrected chi connectivity index (χ2v) is 6.80. The molecule has 1 amide bonds. The van der Waals surface area contributed by atoms with Crippen molar-refractivity contribution in [2.24, 2.45) is 4.99 Å². The van der Waals surface area contributed by atoms with E-state index in [0.717, 1.165) is 44.2 Å². The van der Waals surface area contributed by atoms with E-state index in [1.54, 1.807) is 26.1 Å². The van der Waals surface area contributed by atoms with Crippen LogP contribution < -0.4 is 10.1 Å². The van der Waals surface area contributed by atoms with Gasteiger partial charge in [-0.3, -0.25) is 4.79 Å². The lowest BCUT2D eigenvalue weighted by Crippen LogP contribution is -2.45. The summed E-state index contributed by atoms with van der Waals surface area (Å²) in [6.07, 6.45) is 1.93. The van der Waals surface area contributed by atoms with Gasteiger partial charge in [0.2, 0.25) is 5.91 Å². The van der Waals surface area contributed by atoms with E-state index in [9.17, 15) is 4.79 Å². The highest BCUT2D eigenvalue weighted by Crippen LogP contribution is 2.24. The molecule has 0 bridgehead atoms. The lowest BCUT2D eigenvalue weighted by molar-refractivity contribution is -0.127. The number of methoxy groups -OCH3 is 1. The van der Waals surface area contributed by atoms with Gasteiger partial charge in [0.15, 0.2) is 5.96 Å². The molecule has 0 fully saturated rings. The van der Waals surface area contributed by atoms with Crippen molar-refractivity contribution in [3.05, 3.63) is 29.3 Å². The van der Waals surface area contributed by atoms with E-state index >= 15 is 0 Å². The third kappa shape index (κ3) is 6.43. The Labute approximate surface area is 162 Å². The van der Waals surface area contributed by atoms with Crippen LogP contribution in [0.15, 0.2) is 23.2 Å². The second kappa shape index (κ2) is 10.8. The summed E-state index contributed by atoms with van der Waals surface area (Å²) < 4.78 is 10.9. The fourth-order valence-corrected chi connectivity index (χ4v) is 2.84. The molecular formula is C20H32N4O3. The van der Waals surface area contributed by atoms with Gasteiger partial charge in [0.1, 0.15) is 12.3 Å². The van der Waals surface area contributed by atoms with E-state index in [4.69, 9.17) is 9.47 Å².